The molecule has 1 unspecified atom stereocenters. The SMILES string of the molecule is CCCCCCCCC(NN)c1cccc(OC2CC2)c1. The number of rotatable bonds is 11. The Kier molecular flexibility index (Phi) is 7.04. The predicted octanol–water partition coefficient (Wildman–Crippen LogP) is 4.48. The van der Waals surface area contributed by atoms with E-state index in [-0.39, 0.29) is 6.04 Å². The molecule has 0 radical (unpaired) electrons. The Morgan fingerprint density at radius 3 is 2.67 bits per heavy atom. The number of ether oxygens (including phenoxy) is 1. The third kappa shape index (κ3) is 6.06. The van der Waals surface area contributed by atoms with Crippen molar-refractivity contribution in [2.45, 2.75) is 76.9 Å². The van der Waals surface area contributed by atoms with Gasteiger partial charge in [0.05, 0.1) is 6.10 Å². The molecule has 3 N–H and O–H groups in total. The molecular formula is C18H30N2O. The molecule has 1 fully saturated rings. The van der Waals surface area contributed by atoms with Crippen LogP contribution in [-0.2, 0) is 0 Å². The number of nitrogens with one attached hydrogen (secondary N) is 1. The lowest BCUT2D eigenvalue weighted by molar-refractivity contribution is 0.302. The minimum Gasteiger partial charge on any atom is -0.490 e. The largest absolute Gasteiger partial charge is 0.490 e. The smallest absolute Gasteiger partial charge is 0.120 e. The van der Waals surface area contributed by atoms with E-state index in [2.05, 4.69) is 30.5 Å². The van der Waals surface area contributed by atoms with E-state index in [0.717, 1.165) is 12.2 Å². The molecule has 1 aromatic carbocycles. The van der Waals surface area contributed by atoms with Crippen LogP contribution in [0.4, 0.5) is 0 Å². The van der Waals surface area contributed by atoms with Gasteiger partial charge in [-0.3, -0.25) is 11.3 Å². The van der Waals surface area contributed by atoms with Crippen molar-refractivity contribution in [1.29, 1.82) is 0 Å². The second-order valence-electron chi connectivity index (χ2n) is 6.17. The summed E-state index contributed by atoms with van der Waals surface area (Å²) >= 11 is 0. The van der Waals surface area contributed by atoms with Crippen LogP contribution in [0.1, 0.15) is 76.3 Å². The lowest BCUT2D eigenvalue weighted by atomic mass is 10.00. The number of nitrogens with two attached hydrogens (primary N) is 1. The van der Waals surface area contributed by atoms with Gasteiger partial charge in [-0.25, -0.2) is 0 Å². The molecule has 1 aliphatic carbocycles. The lowest BCUT2D eigenvalue weighted by Crippen LogP contribution is -2.28. The van der Waals surface area contributed by atoms with Gasteiger partial charge < -0.3 is 4.74 Å². The number of hydrazine groups is 1. The Morgan fingerprint density at radius 1 is 1.19 bits per heavy atom. The van der Waals surface area contributed by atoms with Gasteiger partial charge in [0.25, 0.3) is 0 Å². The molecule has 1 saturated carbocycles. The van der Waals surface area contributed by atoms with Crippen molar-refractivity contribution in [3.05, 3.63) is 29.8 Å². The van der Waals surface area contributed by atoms with Gasteiger partial charge in [-0.1, -0.05) is 57.6 Å². The van der Waals surface area contributed by atoms with Crippen LogP contribution in [0.15, 0.2) is 24.3 Å². The monoisotopic (exact) mass is 290 g/mol. The molecule has 0 amide bonds. The minimum atomic E-state index is 0.235. The number of benzene rings is 1. The third-order valence-electron chi connectivity index (χ3n) is 4.14. The van der Waals surface area contributed by atoms with Crippen LogP contribution in [0.3, 0.4) is 0 Å². The molecule has 0 bridgehead atoms. The Hall–Kier alpha value is -1.06. The zero-order chi connectivity index (χ0) is 14.9. The quantitative estimate of drug-likeness (QED) is 0.359. The highest BCUT2D eigenvalue weighted by Gasteiger charge is 2.23. The lowest BCUT2D eigenvalue weighted by Gasteiger charge is -2.17. The van der Waals surface area contributed by atoms with Gasteiger partial charge in [-0.05, 0) is 37.0 Å². The average molecular weight is 290 g/mol. The zero-order valence-corrected chi connectivity index (χ0v) is 13.3. The topological polar surface area (TPSA) is 47.3 Å². The van der Waals surface area contributed by atoms with Gasteiger partial charge in [0.15, 0.2) is 0 Å². The minimum absolute atomic E-state index is 0.235. The van der Waals surface area contributed by atoms with Crippen LogP contribution < -0.4 is 16.0 Å². The molecule has 1 aromatic rings. The molecule has 2 rings (SSSR count). The van der Waals surface area contributed by atoms with E-state index >= 15 is 0 Å². The summed E-state index contributed by atoms with van der Waals surface area (Å²) in [6, 6.07) is 8.62. The van der Waals surface area contributed by atoms with Gasteiger partial charge in [-0.2, -0.15) is 0 Å². The van der Waals surface area contributed by atoms with Crippen molar-refractivity contribution in [3.63, 3.8) is 0 Å². The molecule has 0 heterocycles. The van der Waals surface area contributed by atoms with Gasteiger partial charge >= 0.3 is 0 Å². The van der Waals surface area contributed by atoms with Crippen molar-refractivity contribution >= 4 is 0 Å². The first-order chi connectivity index (χ1) is 10.3. The van der Waals surface area contributed by atoms with Crippen molar-refractivity contribution in [2.24, 2.45) is 5.84 Å². The standard InChI is InChI=1S/C18H30N2O/c1-2-3-4-5-6-7-11-18(20-19)15-9-8-10-17(14-15)21-16-12-13-16/h8-10,14,16,18,20H,2-7,11-13,19H2,1H3. The summed E-state index contributed by atoms with van der Waals surface area (Å²) in [6.07, 6.45) is 11.8. The maximum Gasteiger partial charge on any atom is 0.120 e. The van der Waals surface area contributed by atoms with Crippen LogP contribution in [0.25, 0.3) is 0 Å². The normalized spacial score (nSPS) is 15.9. The molecule has 3 heteroatoms. The maximum atomic E-state index is 5.86. The predicted molar refractivity (Wildman–Crippen MR) is 88.1 cm³/mol. The first-order valence-electron chi connectivity index (χ1n) is 8.56. The fourth-order valence-corrected chi connectivity index (χ4v) is 2.66. The Bertz CT molecular complexity index is 404. The van der Waals surface area contributed by atoms with Gasteiger partial charge in [0, 0.05) is 6.04 Å². The van der Waals surface area contributed by atoms with Gasteiger partial charge in [-0.15, -0.1) is 0 Å². The summed E-state index contributed by atoms with van der Waals surface area (Å²) in [6.45, 7) is 2.26. The van der Waals surface area contributed by atoms with Crippen molar-refractivity contribution < 1.29 is 4.74 Å². The molecule has 21 heavy (non-hydrogen) atoms. The summed E-state index contributed by atoms with van der Waals surface area (Å²) in [7, 11) is 0. The fraction of sp³-hybridized carbons (Fsp3) is 0.667. The fourth-order valence-electron chi connectivity index (χ4n) is 2.66. The molecule has 1 aliphatic rings. The molecule has 0 aromatic heterocycles. The van der Waals surface area contributed by atoms with Crippen molar-refractivity contribution in [3.8, 4) is 5.75 Å². The molecule has 0 spiro atoms. The summed E-state index contributed by atoms with van der Waals surface area (Å²) in [5.74, 6) is 6.72. The molecule has 118 valence electrons. The highest BCUT2D eigenvalue weighted by Crippen LogP contribution is 2.29. The number of hydrogen-bond donors (Lipinski definition) is 2. The third-order valence-corrected chi connectivity index (χ3v) is 4.14. The van der Waals surface area contributed by atoms with Gasteiger partial charge in [0.1, 0.15) is 5.75 Å². The van der Waals surface area contributed by atoms with Crippen molar-refractivity contribution in [2.75, 3.05) is 0 Å². The highest BCUT2D eigenvalue weighted by molar-refractivity contribution is 5.31. The molecule has 0 aliphatic heterocycles. The van der Waals surface area contributed by atoms with E-state index in [1.807, 2.05) is 6.07 Å². The molecular weight excluding hydrogens is 260 g/mol. The van der Waals surface area contributed by atoms with Crippen LogP contribution in [0.5, 0.6) is 5.75 Å². The van der Waals surface area contributed by atoms with Crippen LogP contribution >= 0.6 is 0 Å². The van der Waals surface area contributed by atoms with Crippen molar-refractivity contribution in [1.82, 2.24) is 5.43 Å². The summed E-state index contributed by atoms with van der Waals surface area (Å²) in [4.78, 5) is 0. The van der Waals surface area contributed by atoms with E-state index in [1.165, 1.54) is 56.9 Å². The van der Waals surface area contributed by atoms with Gasteiger partial charge in [0.2, 0.25) is 0 Å². The van der Waals surface area contributed by atoms with E-state index in [9.17, 15) is 0 Å². The zero-order valence-electron chi connectivity index (χ0n) is 13.3. The summed E-state index contributed by atoms with van der Waals surface area (Å²) in [5, 5.41) is 0. The van der Waals surface area contributed by atoms with E-state index in [1.54, 1.807) is 0 Å². The first-order valence-corrected chi connectivity index (χ1v) is 8.56. The Balaban J connectivity index is 1.76. The maximum absolute atomic E-state index is 5.86. The summed E-state index contributed by atoms with van der Waals surface area (Å²) in [5.41, 5.74) is 4.20. The van der Waals surface area contributed by atoms with E-state index < -0.39 is 0 Å². The summed E-state index contributed by atoms with van der Waals surface area (Å²) < 4.78 is 5.86. The second-order valence-corrected chi connectivity index (χ2v) is 6.17. The van der Waals surface area contributed by atoms with Crippen LogP contribution in [0, 0.1) is 0 Å². The number of unbranched alkanes of at least 4 members (excludes halogenated alkanes) is 5. The van der Waals surface area contributed by atoms with E-state index in [0.29, 0.717) is 6.10 Å². The Morgan fingerprint density at radius 2 is 1.95 bits per heavy atom. The highest BCUT2D eigenvalue weighted by atomic mass is 16.5. The van der Waals surface area contributed by atoms with Crippen LogP contribution in [-0.4, -0.2) is 6.10 Å². The first kappa shape index (κ1) is 16.3. The number of hydrogen-bond acceptors (Lipinski definition) is 3. The Labute approximate surface area is 129 Å². The molecule has 3 nitrogen and oxygen atoms in total. The molecule has 1 atom stereocenters. The average Bonchev–Trinajstić information content (AvgIpc) is 3.31. The molecule has 0 saturated heterocycles. The van der Waals surface area contributed by atoms with E-state index in [4.69, 9.17) is 10.6 Å². The van der Waals surface area contributed by atoms with Crippen LogP contribution in [0.2, 0.25) is 0 Å². The second kappa shape index (κ2) is 9.06.